The molecule has 3 nitrogen and oxygen atoms in total. The molecule has 0 radical (unpaired) electrons. The quantitative estimate of drug-likeness (QED) is 0.676. The summed E-state index contributed by atoms with van der Waals surface area (Å²) in [6.07, 6.45) is 2.86. The molecule has 0 aliphatic heterocycles. The highest BCUT2D eigenvalue weighted by Crippen LogP contribution is 2.18. The molecule has 2 atom stereocenters. The van der Waals surface area contributed by atoms with E-state index in [9.17, 15) is 9.90 Å². The molecule has 0 fully saturated rings. The van der Waals surface area contributed by atoms with Gasteiger partial charge < -0.3 is 10.0 Å². The van der Waals surface area contributed by atoms with E-state index in [1.54, 1.807) is 0 Å². The Balaban J connectivity index is 4.38. The Labute approximate surface area is 93.5 Å². The second kappa shape index (κ2) is 7.69. The van der Waals surface area contributed by atoms with Crippen molar-refractivity contribution < 1.29 is 9.90 Å². The minimum Gasteiger partial charge on any atom is -0.481 e. The monoisotopic (exact) mass is 215 g/mol. The molecular weight excluding hydrogens is 190 g/mol. The van der Waals surface area contributed by atoms with Gasteiger partial charge >= 0.3 is 5.97 Å². The van der Waals surface area contributed by atoms with Crippen molar-refractivity contribution in [1.82, 2.24) is 4.90 Å². The molecule has 1 N–H and O–H groups in total. The summed E-state index contributed by atoms with van der Waals surface area (Å²) >= 11 is 0. The summed E-state index contributed by atoms with van der Waals surface area (Å²) in [5, 5.41) is 9.18. The molecule has 3 heteroatoms. The van der Waals surface area contributed by atoms with Crippen LogP contribution in [-0.4, -0.2) is 35.1 Å². The Morgan fingerprint density at radius 1 is 1.27 bits per heavy atom. The van der Waals surface area contributed by atoms with Gasteiger partial charge in [-0.25, -0.2) is 0 Å². The number of carboxylic acids is 1. The van der Waals surface area contributed by atoms with Crippen molar-refractivity contribution in [1.29, 1.82) is 0 Å². The lowest BCUT2D eigenvalue weighted by Crippen LogP contribution is -2.41. The molecule has 0 aliphatic carbocycles. The first-order chi connectivity index (χ1) is 7.08. The van der Waals surface area contributed by atoms with Gasteiger partial charge in [0.05, 0.1) is 5.92 Å². The molecular formula is C12H25NO2. The standard InChI is InChI=1S/C12H25NO2/c1-5-8-9-11(12(14)15)10(4)13(6-2)7-3/h10-11H,5-9H2,1-4H3,(H,14,15). The first-order valence-electron chi connectivity index (χ1n) is 6.05. The molecule has 15 heavy (non-hydrogen) atoms. The van der Waals surface area contributed by atoms with Gasteiger partial charge in [0.2, 0.25) is 0 Å². The maximum atomic E-state index is 11.2. The lowest BCUT2D eigenvalue weighted by atomic mass is 9.94. The SMILES string of the molecule is CCCCC(C(=O)O)C(C)N(CC)CC. The zero-order valence-corrected chi connectivity index (χ0v) is 10.5. The van der Waals surface area contributed by atoms with Crippen LogP contribution in [-0.2, 0) is 4.79 Å². The molecule has 0 rings (SSSR count). The van der Waals surface area contributed by atoms with Crippen LogP contribution >= 0.6 is 0 Å². The molecule has 0 spiro atoms. The van der Waals surface area contributed by atoms with E-state index in [0.29, 0.717) is 0 Å². The van der Waals surface area contributed by atoms with Gasteiger partial charge in [-0.05, 0) is 26.4 Å². The average molecular weight is 215 g/mol. The molecule has 0 aromatic carbocycles. The summed E-state index contributed by atoms with van der Waals surface area (Å²) in [6.45, 7) is 10.1. The molecule has 0 saturated heterocycles. The van der Waals surface area contributed by atoms with E-state index >= 15 is 0 Å². The van der Waals surface area contributed by atoms with Crippen LogP contribution < -0.4 is 0 Å². The number of aliphatic carboxylic acids is 1. The number of carbonyl (C=O) groups is 1. The predicted molar refractivity (Wildman–Crippen MR) is 63.0 cm³/mol. The van der Waals surface area contributed by atoms with Crippen molar-refractivity contribution in [3.05, 3.63) is 0 Å². The van der Waals surface area contributed by atoms with E-state index in [1.165, 1.54) is 0 Å². The number of rotatable bonds is 8. The van der Waals surface area contributed by atoms with Gasteiger partial charge in [0, 0.05) is 6.04 Å². The second-order valence-electron chi connectivity index (χ2n) is 4.05. The average Bonchev–Trinajstić information content (AvgIpc) is 2.19. The van der Waals surface area contributed by atoms with Crippen LogP contribution in [0.2, 0.25) is 0 Å². The fourth-order valence-electron chi connectivity index (χ4n) is 2.05. The maximum absolute atomic E-state index is 11.2. The van der Waals surface area contributed by atoms with Crippen LogP contribution in [0.15, 0.2) is 0 Å². The number of hydrogen-bond acceptors (Lipinski definition) is 2. The summed E-state index contributed by atoms with van der Waals surface area (Å²) in [4.78, 5) is 13.4. The fraction of sp³-hybridized carbons (Fsp3) is 0.917. The van der Waals surface area contributed by atoms with Gasteiger partial charge in [-0.3, -0.25) is 4.79 Å². The zero-order chi connectivity index (χ0) is 11.8. The smallest absolute Gasteiger partial charge is 0.308 e. The van der Waals surface area contributed by atoms with Crippen LogP contribution in [0.5, 0.6) is 0 Å². The molecule has 90 valence electrons. The minimum absolute atomic E-state index is 0.143. The molecule has 2 unspecified atom stereocenters. The predicted octanol–water partition coefficient (Wildman–Crippen LogP) is 2.61. The van der Waals surface area contributed by atoms with Gasteiger partial charge in [0.25, 0.3) is 0 Å². The lowest BCUT2D eigenvalue weighted by Gasteiger charge is -2.31. The summed E-state index contributed by atoms with van der Waals surface area (Å²) in [5.41, 5.74) is 0. The van der Waals surface area contributed by atoms with Crippen molar-refractivity contribution in [3.8, 4) is 0 Å². The van der Waals surface area contributed by atoms with E-state index in [2.05, 4.69) is 25.7 Å². The third kappa shape index (κ3) is 4.65. The van der Waals surface area contributed by atoms with E-state index in [0.717, 1.165) is 32.4 Å². The first kappa shape index (κ1) is 14.4. The highest BCUT2D eigenvalue weighted by atomic mass is 16.4. The number of unbranched alkanes of at least 4 members (excludes halogenated alkanes) is 1. The zero-order valence-electron chi connectivity index (χ0n) is 10.5. The summed E-state index contributed by atoms with van der Waals surface area (Å²) in [7, 11) is 0. The van der Waals surface area contributed by atoms with Gasteiger partial charge in [0.15, 0.2) is 0 Å². The van der Waals surface area contributed by atoms with E-state index in [-0.39, 0.29) is 12.0 Å². The number of hydrogen-bond donors (Lipinski definition) is 1. The van der Waals surface area contributed by atoms with Crippen molar-refractivity contribution in [3.63, 3.8) is 0 Å². The maximum Gasteiger partial charge on any atom is 0.308 e. The first-order valence-corrected chi connectivity index (χ1v) is 6.05. The summed E-state index contributed by atoms with van der Waals surface area (Å²) in [6, 6.07) is 0.143. The fourth-order valence-corrected chi connectivity index (χ4v) is 2.05. The minimum atomic E-state index is -0.650. The third-order valence-electron chi connectivity index (χ3n) is 3.16. The van der Waals surface area contributed by atoms with E-state index in [4.69, 9.17) is 0 Å². The van der Waals surface area contributed by atoms with Gasteiger partial charge in [0.1, 0.15) is 0 Å². The van der Waals surface area contributed by atoms with Crippen molar-refractivity contribution in [2.75, 3.05) is 13.1 Å². The Morgan fingerprint density at radius 3 is 2.13 bits per heavy atom. The Morgan fingerprint density at radius 2 is 1.80 bits per heavy atom. The second-order valence-corrected chi connectivity index (χ2v) is 4.05. The van der Waals surface area contributed by atoms with Gasteiger partial charge in [-0.2, -0.15) is 0 Å². The number of carboxylic acid groups (broad SMARTS) is 1. The Kier molecular flexibility index (Phi) is 7.39. The van der Waals surface area contributed by atoms with E-state index in [1.807, 2.05) is 6.92 Å². The molecule has 0 saturated carbocycles. The number of nitrogens with zero attached hydrogens (tertiary/aromatic N) is 1. The van der Waals surface area contributed by atoms with Crippen LogP contribution in [0.3, 0.4) is 0 Å². The van der Waals surface area contributed by atoms with Gasteiger partial charge in [-0.15, -0.1) is 0 Å². The van der Waals surface area contributed by atoms with Crippen molar-refractivity contribution >= 4 is 5.97 Å². The van der Waals surface area contributed by atoms with Crippen LogP contribution in [0.25, 0.3) is 0 Å². The molecule has 0 amide bonds. The molecule has 0 aromatic rings. The van der Waals surface area contributed by atoms with Crippen LogP contribution in [0.4, 0.5) is 0 Å². The molecule has 0 aliphatic rings. The van der Waals surface area contributed by atoms with Crippen molar-refractivity contribution in [2.24, 2.45) is 5.92 Å². The molecule has 0 bridgehead atoms. The topological polar surface area (TPSA) is 40.5 Å². The lowest BCUT2D eigenvalue weighted by molar-refractivity contribution is -0.144. The van der Waals surface area contributed by atoms with E-state index < -0.39 is 5.97 Å². The molecule has 0 aromatic heterocycles. The summed E-state index contributed by atoms with van der Waals surface area (Å²) < 4.78 is 0. The van der Waals surface area contributed by atoms with Crippen LogP contribution in [0.1, 0.15) is 47.0 Å². The normalized spacial score (nSPS) is 15.3. The van der Waals surface area contributed by atoms with Crippen molar-refractivity contribution in [2.45, 2.75) is 53.0 Å². The third-order valence-corrected chi connectivity index (χ3v) is 3.16. The molecule has 0 heterocycles. The Hall–Kier alpha value is -0.570. The highest BCUT2D eigenvalue weighted by Gasteiger charge is 2.27. The largest absolute Gasteiger partial charge is 0.481 e. The highest BCUT2D eigenvalue weighted by molar-refractivity contribution is 5.70. The summed E-state index contributed by atoms with van der Waals surface area (Å²) in [5.74, 6) is -0.868. The Bertz CT molecular complexity index is 178. The van der Waals surface area contributed by atoms with Crippen LogP contribution in [0, 0.1) is 5.92 Å². The van der Waals surface area contributed by atoms with Gasteiger partial charge in [-0.1, -0.05) is 33.6 Å².